The Hall–Kier alpha value is -1.78. The second-order valence-electron chi connectivity index (χ2n) is 8.53. The Labute approximate surface area is 208 Å². The van der Waals surface area contributed by atoms with Crippen molar-refractivity contribution in [3.05, 3.63) is 81.3 Å². The number of nitrogens with zero attached hydrogens (tertiary/aromatic N) is 2. The van der Waals surface area contributed by atoms with Gasteiger partial charge in [-0.3, -0.25) is 9.97 Å². The van der Waals surface area contributed by atoms with Gasteiger partial charge >= 0.3 is 0 Å². The van der Waals surface area contributed by atoms with Gasteiger partial charge in [0, 0.05) is 43.5 Å². The van der Waals surface area contributed by atoms with Crippen LogP contribution in [-0.4, -0.2) is 9.97 Å². The molecule has 4 aromatic rings. The van der Waals surface area contributed by atoms with Crippen LogP contribution in [0.2, 0.25) is 0 Å². The molecule has 4 rings (SSSR count). The van der Waals surface area contributed by atoms with Crippen molar-refractivity contribution in [2.75, 3.05) is 0 Å². The summed E-state index contributed by atoms with van der Waals surface area (Å²) in [6, 6.07) is 17.1. The number of benzene rings is 2. The molecule has 0 N–H and O–H groups in total. The van der Waals surface area contributed by atoms with Gasteiger partial charge in [-0.1, -0.05) is 87.1 Å². The maximum Gasteiger partial charge on any atom is 0.0482 e. The van der Waals surface area contributed by atoms with Crippen molar-refractivity contribution in [3.63, 3.8) is 0 Å². The molecule has 0 amide bonds. The Balaban J connectivity index is 1.11. The monoisotopic (exact) mass is 552 g/mol. The molecule has 0 aliphatic carbocycles. The quantitative estimate of drug-likeness (QED) is 0.173. The van der Waals surface area contributed by atoms with E-state index in [-0.39, 0.29) is 0 Å². The third kappa shape index (κ3) is 5.96. The van der Waals surface area contributed by atoms with Crippen molar-refractivity contribution in [1.82, 2.24) is 9.97 Å². The van der Waals surface area contributed by atoms with Gasteiger partial charge in [0.05, 0.1) is 0 Å². The van der Waals surface area contributed by atoms with E-state index in [9.17, 15) is 0 Å². The van der Waals surface area contributed by atoms with Crippen LogP contribution in [0.1, 0.15) is 62.8 Å². The lowest BCUT2D eigenvalue weighted by Gasteiger charge is -2.08. The van der Waals surface area contributed by atoms with Crippen molar-refractivity contribution >= 4 is 53.4 Å². The standard InChI is InChI=1S/C28H30Br2N2/c29-25-19-31-27(23-15-11-9-13-21(23)25)17-7-5-3-1-2-4-6-8-18-28-24-16-12-10-14-22(24)26(30)20-32-28/h9-16,19-20H,1-8,17-18H2. The Kier molecular flexibility index (Phi) is 8.69. The number of unbranched alkanes of at least 4 members (excludes halogenated alkanes) is 7. The average molecular weight is 554 g/mol. The van der Waals surface area contributed by atoms with Gasteiger partial charge in [0.2, 0.25) is 0 Å². The normalized spacial score (nSPS) is 11.4. The first-order valence-electron chi connectivity index (χ1n) is 11.8. The second kappa shape index (κ2) is 11.9. The summed E-state index contributed by atoms with van der Waals surface area (Å²) >= 11 is 7.24. The summed E-state index contributed by atoms with van der Waals surface area (Å²) in [4.78, 5) is 9.34. The van der Waals surface area contributed by atoms with E-state index in [0.29, 0.717) is 0 Å². The predicted octanol–water partition coefficient (Wildman–Crippen LogP) is 9.21. The summed E-state index contributed by atoms with van der Waals surface area (Å²) in [5, 5.41) is 5.11. The third-order valence-electron chi connectivity index (χ3n) is 6.24. The molecule has 4 heteroatoms. The van der Waals surface area contributed by atoms with Crippen LogP contribution >= 0.6 is 31.9 Å². The Morgan fingerprint density at radius 2 is 0.812 bits per heavy atom. The van der Waals surface area contributed by atoms with E-state index in [1.165, 1.54) is 84.3 Å². The molecule has 0 saturated heterocycles. The second-order valence-corrected chi connectivity index (χ2v) is 10.2. The molecule has 0 atom stereocenters. The van der Waals surface area contributed by atoms with Gasteiger partial charge in [0.15, 0.2) is 0 Å². The highest BCUT2D eigenvalue weighted by molar-refractivity contribution is 9.11. The molecule has 2 nitrogen and oxygen atoms in total. The lowest BCUT2D eigenvalue weighted by molar-refractivity contribution is 0.566. The number of fused-ring (bicyclic) bond motifs is 2. The van der Waals surface area contributed by atoms with Crippen LogP contribution in [0.5, 0.6) is 0 Å². The van der Waals surface area contributed by atoms with E-state index in [1.807, 2.05) is 12.4 Å². The van der Waals surface area contributed by atoms with Crippen LogP contribution in [0.25, 0.3) is 21.5 Å². The third-order valence-corrected chi connectivity index (χ3v) is 7.50. The fourth-order valence-corrected chi connectivity index (χ4v) is 5.37. The van der Waals surface area contributed by atoms with E-state index in [1.54, 1.807) is 0 Å². The van der Waals surface area contributed by atoms with Gasteiger partial charge in [-0.15, -0.1) is 0 Å². The van der Waals surface area contributed by atoms with Crippen molar-refractivity contribution in [1.29, 1.82) is 0 Å². The van der Waals surface area contributed by atoms with Gasteiger partial charge in [-0.2, -0.15) is 0 Å². The van der Waals surface area contributed by atoms with Crippen LogP contribution in [0.15, 0.2) is 69.9 Å². The minimum atomic E-state index is 1.07. The first-order chi connectivity index (χ1) is 15.7. The summed E-state index contributed by atoms with van der Waals surface area (Å²) < 4.78 is 2.17. The molecule has 2 aromatic heterocycles. The summed E-state index contributed by atoms with van der Waals surface area (Å²) in [5.41, 5.74) is 2.47. The molecular weight excluding hydrogens is 524 g/mol. The number of pyridine rings is 2. The highest BCUT2D eigenvalue weighted by Gasteiger charge is 2.06. The van der Waals surface area contributed by atoms with E-state index in [0.717, 1.165) is 21.8 Å². The number of rotatable bonds is 11. The van der Waals surface area contributed by atoms with Crippen molar-refractivity contribution in [3.8, 4) is 0 Å². The lowest BCUT2D eigenvalue weighted by Crippen LogP contribution is -1.94. The maximum atomic E-state index is 4.67. The fraction of sp³-hybridized carbons (Fsp3) is 0.357. The van der Waals surface area contributed by atoms with Crippen molar-refractivity contribution in [2.45, 2.75) is 64.2 Å². The van der Waals surface area contributed by atoms with Crippen LogP contribution in [0.4, 0.5) is 0 Å². The van der Waals surface area contributed by atoms with Crippen LogP contribution in [0.3, 0.4) is 0 Å². The van der Waals surface area contributed by atoms with Crippen molar-refractivity contribution < 1.29 is 0 Å². The van der Waals surface area contributed by atoms with E-state index in [2.05, 4.69) is 90.4 Å². The van der Waals surface area contributed by atoms with E-state index in [4.69, 9.17) is 0 Å². The Morgan fingerprint density at radius 1 is 0.469 bits per heavy atom. The summed E-state index contributed by atoms with van der Waals surface area (Å²) in [6.45, 7) is 0. The molecule has 0 bridgehead atoms. The molecule has 0 radical (unpaired) electrons. The molecule has 0 spiro atoms. The Morgan fingerprint density at radius 3 is 1.22 bits per heavy atom. The molecule has 0 fully saturated rings. The highest BCUT2D eigenvalue weighted by atomic mass is 79.9. The average Bonchev–Trinajstić information content (AvgIpc) is 2.83. The minimum absolute atomic E-state index is 1.07. The minimum Gasteiger partial charge on any atom is -0.259 e. The largest absolute Gasteiger partial charge is 0.259 e. The topological polar surface area (TPSA) is 25.8 Å². The fourth-order valence-electron chi connectivity index (χ4n) is 4.48. The number of halogens is 2. The zero-order valence-electron chi connectivity index (χ0n) is 18.5. The molecule has 0 unspecified atom stereocenters. The van der Waals surface area contributed by atoms with Gasteiger partial charge in [0.25, 0.3) is 0 Å². The van der Waals surface area contributed by atoms with Gasteiger partial charge in [0.1, 0.15) is 0 Å². The van der Waals surface area contributed by atoms with E-state index >= 15 is 0 Å². The molecular formula is C28H30Br2N2. The Bertz CT molecular complexity index is 1080. The molecule has 0 aliphatic rings. The molecule has 0 saturated carbocycles. The maximum absolute atomic E-state index is 4.67. The zero-order chi connectivity index (χ0) is 22.2. The molecule has 32 heavy (non-hydrogen) atoms. The smallest absolute Gasteiger partial charge is 0.0482 e. The van der Waals surface area contributed by atoms with Crippen LogP contribution < -0.4 is 0 Å². The first-order valence-corrected chi connectivity index (χ1v) is 13.4. The van der Waals surface area contributed by atoms with Gasteiger partial charge < -0.3 is 0 Å². The molecule has 2 heterocycles. The molecule has 2 aromatic carbocycles. The zero-order valence-corrected chi connectivity index (χ0v) is 21.7. The van der Waals surface area contributed by atoms with Crippen molar-refractivity contribution in [2.24, 2.45) is 0 Å². The van der Waals surface area contributed by atoms with Gasteiger partial charge in [-0.25, -0.2) is 0 Å². The van der Waals surface area contributed by atoms with Crippen LogP contribution in [0, 0.1) is 0 Å². The SMILES string of the molecule is Brc1cnc(CCCCCCCCCCc2ncc(Br)c3ccccc23)c2ccccc12. The number of aromatic nitrogens is 2. The summed E-state index contributed by atoms with van der Waals surface area (Å²) in [5.74, 6) is 0. The summed E-state index contributed by atoms with van der Waals surface area (Å²) in [6.07, 6.45) is 16.4. The van der Waals surface area contributed by atoms with Gasteiger partial charge in [-0.05, 0) is 68.3 Å². The number of hydrogen-bond acceptors (Lipinski definition) is 2. The number of hydrogen-bond donors (Lipinski definition) is 0. The molecule has 0 aliphatic heterocycles. The number of aryl methyl sites for hydroxylation is 2. The predicted molar refractivity (Wildman–Crippen MR) is 143 cm³/mol. The summed E-state index contributed by atoms with van der Waals surface area (Å²) in [7, 11) is 0. The molecule has 166 valence electrons. The lowest BCUT2D eigenvalue weighted by atomic mass is 10.0. The first kappa shape index (κ1) is 23.4. The van der Waals surface area contributed by atoms with E-state index < -0.39 is 0 Å². The van der Waals surface area contributed by atoms with Crippen LogP contribution in [-0.2, 0) is 12.8 Å². The highest BCUT2D eigenvalue weighted by Crippen LogP contribution is 2.27.